The first-order chi connectivity index (χ1) is 16.5. The molecule has 35 heavy (non-hydrogen) atoms. The molecular formula is C23H25FN6O4S. The highest BCUT2D eigenvalue weighted by molar-refractivity contribution is 7.91. The zero-order chi connectivity index (χ0) is 25.1. The van der Waals surface area contributed by atoms with Crippen LogP contribution in [0.5, 0.6) is 0 Å². The zero-order valence-electron chi connectivity index (χ0n) is 19.6. The van der Waals surface area contributed by atoms with Gasteiger partial charge in [0, 0.05) is 37.6 Å². The van der Waals surface area contributed by atoms with E-state index in [0.717, 1.165) is 29.5 Å². The second-order valence-electron chi connectivity index (χ2n) is 9.67. The van der Waals surface area contributed by atoms with Crippen molar-refractivity contribution >= 4 is 20.7 Å². The average molecular weight is 501 g/mol. The van der Waals surface area contributed by atoms with Gasteiger partial charge in [0.1, 0.15) is 10.7 Å². The molecule has 0 unspecified atom stereocenters. The van der Waals surface area contributed by atoms with Crippen LogP contribution in [0.4, 0.5) is 4.39 Å². The molecule has 1 aliphatic rings. The van der Waals surface area contributed by atoms with Crippen LogP contribution in [0.1, 0.15) is 30.9 Å². The minimum absolute atomic E-state index is 0.0279. The van der Waals surface area contributed by atoms with E-state index in [2.05, 4.69) is 10.2 Å². The SMILES string of the molecule is Cn1cc(Cn2c(=O)c3cc(S(=O)(=O)CC4(C)CC4)c(F)cc3n(Cc3cnn(C)c3)c2=O)cn1. The Hall–Kier alpha value is -3.54. The lowest BCUT2D eigenvalue weighted by molar-refractivity contribution is 0.549. The van der Waals surface area contributed by atoms with Crippen LogP contribution in [0, 0.1) is 11.2 Å². The summed E-state index contributed by atoms with van der Waals surface area (Å²) in [6, 6.07) is 2.05. The molecule has 4 aromatic rings. The fourth-order valence-electron chi connectivity index (χ4n) is 4.32. The highest BCUT2D eigenvalue weighted by atomic mass is 32.2. The summed E-state index contributed by atoms with van der Waals surface area (Å²) >= 11 is 0. The van der Waals surface area contributed by atoms with Crippen LogP contribution < -0.4 is 11.2 Å². The van der Waals surface area contributed by atoms with Crippen molar-refractivity contribution in [2.75, 3.05) is 5.75 Å². The van der Waals surface area contributed by atoms with Crippen LogP contribution in [0.15, 0.2) is 51.4 Å². The van der Waals surface area contributed by atoms with Gasteiger partial charge in [-0.25, -0.2) is 17.6 Å². The van der Waals surface area contributed by atoms with E-state index in [1.54, 1.807) is 48.2 Å². The van der Waals surface area contributed by atoms with E-state index in [0.29, 0.717) is 11.1 Å². The summed E-state index contributed by atoms with van der Waals surface area (Å²) in [6.45, 7) is 1.81. The van der Waals surface area contributed by atoms with Crippen molar-refractivity contribution in [3.05, 3.63) is 74.7 Å². The second kappa shape index (κ2) is 8.01. The molecular weight excluding hydrogens is 475 g/mol. The van der Waals surface area contributed by atoms with Crippen molar-refractivity contribution in [2.24, 2.45) is 19.5 Å². The van der Waals surface area contributed by atoms with Gasteiger partial charge < -0.3 is 0 Å². The van der Waals surface area contributed by atoms with E-state index in [1.807, 2.05) is 6.92 Å². The molecule has 0 amide bonds. The molecule has 5 rings (SSSR count). The summed E-state index contributed by atoms with van der Waals surface area (Å²) in [5.41, 5.74) is -0.391. The molecule has 0 saturated heterocycles. The van der Waals surface area contributed by atoms with Crippen LogP contribution in [-0.2, 0) is 37.0 Å². The Balaban J connectivity index is 1.73. The molecule has 3 aromatic heterocycles. The fraction of sp³-hybridized carbons (Fsp3) is 0.391. The Morgan fingerprint density at radius 1 is 0.971 bits per heavy atom. The third kappa shape index (κ3) is 4.33. The minimum Gasteiger partial charge on any atom is -0.288 e. The molecule has 10 nitrogen and oxygen atoms in total. The molecule has 0 aliphatic heterocycles. The topological polar surface area (TPSA) is 114 Å². The van der Waals surface area contributed by atoms with E-state index < -0.39 is 31.8 Å². The van der Waals surface area contributed by atoms with Gasteiger partial charge in [0.15, 0.2) is 9.84 Å². The van der Waals surface area contributed by atoms with Crippen LogP contribution in [0.25, 0.3) is 10.9 Å². The number of rotatable bonds is 7. The molecule has 1 aromatic carbocycles. The van der Waals surface area contributed by atoms with Gasteiger partial charge in [-0.2, -0.15) is 10.2 Å². The van der Waals surface area contributed by atoms with Gasteiger partial charge in [0.25, 0.3) is 5.56 Å². The van der Waals surface area contributed by atoms with E-state index in [9.17, 15) is 18.0 Å². The Morgan fingerprint density at radius 3 is 2.06 bits per heavy atom. The summed E-state index contributed by atoms with van der Waals surface area (Å²) in [4.78, 5) is 26.4. The lowest BCUT2D eigenvalue weighted by Gasteiger charge is -2.16. The number of halogens is 1. The first kappa shape index (κ1) is 23.2. The molecule has 1 aliphatic carbocycles. The molecule has 0 N–H and O–H groups in total. The first-order valence-electron chi connectivity index (χ1n) is 11.1. The zero-order valence-corrected chi connectivity index (χ0v) is 20.4. The fourth-order valence-corrected chi connectivity index (χ4v) is 6.33. The summed E-state index contributed by atoms with van der Waals surface area (Å²) in [7, 11) is -0.536. The van der Waals surface area contributed by atoms with Crippen molar-refractivity contribution in [1.82, 2.24) is 28.7 Å². The number of nitrogens with zero attached hydrogens (tertiary/aromatic N) is 6. The summed E-state index contributed by atoms with van der Waals surface area (Å²) < 4.78 is 46.7. The maximum atomic E-state index is 15.2. The normalized spacial score (nSPS) is 15.1. The largest absolute Gasteiger partial charge is 0.332 e. The number of aromatic nitrogens is 6. The maximum Gasteiger partial charge on any atom is 0.332 e. The van der Waals surface area contributed by atoms with Crippen molar-refractivity contribution in [2.45, 2.75) is 37.8 Å². The number of benzene rings is 1. The standard InChI is InChI=1S/C23H25FN6O4S/c1-23(4-5-23)14-35(33,34)20-6-17-19(7-18(20)24)29(12-15-8-25-27(2)10-15)22(32)30(21(17)31)13-16-9-26-28(3)11-16/h6-11H,4-5,12-14H2,1-3H3. The third-order valence-electron chi connectivity index (χ3n) is 6.45. The number of aryl methyl sites for hydroxylation is 2. The van der Waals surface area contributed by atoms with Crippen LogP contribution in [0.2, 0.25) is 0 Å². The monoisotopic (exact) mass is 500 g/mol. The van der Waals surface area contributed by atoms with Crippen molar-refractivity contribution < 1.29 is 12.8 Å². The molecule has 184 valence electrons. The predicted molar refractivity (Wildman–Crippen MR) is 126 cm³/mol. The van der Waals surface area contributed by atoms with Crippen LogP contribution >= 0.6 is 0 Å². The molecule has 0 spiro atoms. The highest BCUT2D eigenvalue weighted by Crippen LogP contribution is 2.47. The summed E-state index contributed by atoms with van der Waals surface area (Å²) in [5.74, 6) is -1.17. The van der Waals surface area contributed by atoms with E-state index >= 15 is 4.39 Å². The number of fused-ring (bicyclic) bond motifs is 1. The van der Waals surface area contributed by atoms with Crippen molar-refractivity contribution in [1.29, 1.82) is 0 Å². The predicted octanol–water partition coefficient (Wildman–Crippen LogP) is 1.44. The van der Waals surface area contributed by atoms with E-state index in [1.165, 1.54) is 4.57 Å². The van der Waals surface area contributed by atoms with Crippen molar-refractivity contribution in [3.8, 4) is 0 Å². The van der Waals surface area contributed by atoms with Gasteiger partial charge in [0.05, 0.1) is 42.1 Å². The summed E-state index contributed by atoms with van der Waals surface area (Å²) in [5, 5.41) is 8.14. The first-order valence-corrected chi connectivity index (χ1v) is 12.8. The number of hydrogen-bond donors (Lipinski definition) is 0. The lowest BCUT2D eigenvalue weighted by Crippen LogP contribution is -2.40. The van der Waals surface area contributed by atoms with Gasteiger partial charge in [-0.15, -0.1) is 0 Å². The highest BCUT2D eigenvalue weighted by Gasteiger charge is 2.42. The Labute approximate surface area is 200 Å². The Kier molecular flexibility index (Phi) is 5.31. The molecule has 1 saturated carbocycles. The Morgan fingerprint density at radius 2 is 1.54 bits per heavy atom. The average Bonchev–Trinajstić information content (AvgIpc) is 3.14. The van der Waals surface area contributed by atoms with Gasteiger partial charge >= 0.3 is 5.69 Å². The smallest absolute Gasteiger partial charge is 0.288 e. The van der Waals surface area contributed by atoms with E-state index in [-0.39, 0.29) is 35.2 Å². The molecule has 3 heterocycles. The van der Waals surface area contributed by atoms with E-state index in [4.69, 9.17) is 0 Å². The Bertz CT molecular complexity index is 1690. The van der Waals surface area contributed by atoms with Gasteiger partial charge in [-0.3, -0.25) is 23.3 Å². The van der Waals surface area contributed by atoms with Gasteiger partial charge in [-0.1, -0.05) is 6.92 Å². The van der Waals surface area contributed by atoms with Gasteiger partial charge in [0.2, 0.25) is 0 Å². The number of hydrogen-bond acceptors (Lipinski definition) is 6. The molecule has 0 radical (unpaired) electrons. The van der Waals surface area contributed by atoms with Gasteiger partial charge in [-0.05, 0) is 30.4 Å². The molecule has 0 atom stereocenters. The second-order valence-corrected chi connectivity index (χ2v) is 11.6. The maximum absolute atomic E-state index is 15.2. The minimum atomic E-state index is -3.98. The third-order valence-corrected chi connectivity index (χ3v) is 8.51. The lowest BCUT2D eigenvalue weighted by atomic mass is 10.2. The van der Waals surface area contributed by atoms with Crippen LogP contribution in [-0.4, -0.2) is 42.9 Å². The van der Waals surface area contributed by atoms with Crippen molar-refractivity contribution in [3.63, 3.8) is 0 Å². The molecule has 0 bridgehead atoms. The number of sulfone groups is 1. The quantitative estimate of drug-likeness (QED) is 0.379. The molecule has 12 heteroatoms. The summed E-state index contributed by atoms with van der Waals surface area (Å²) in [6.07, 6.45) is 8.01. The van der Waals surface area contributed by atoms with Crippen LogP contribution in [0.3, 0.4) is 0 Å². The molecule has 1 fully saturated rings.